The molecule has 1 saturated heterocycles. The van der Waals surface area contributed by atoms with Crippen LogP contribution in [0.15, 0.2) is 57.4 Å². The van der Waals surface area contributed by atoms with Crippen molar-refractivity contribution in [2.75, 3.05) is 26.3 Å². The van der Waals surface area contributed by atoms with Crippen LogP contribution in [0.4, 0.5) is 0 Å². The first-order valence-electron chi connectivity index (χ1n) is 9.77. The molecule has 3 aliphatic rings. The van der Waals surface area contributed by atoms with Crippen LogP contribution in [0.25, 0.3) is 6.08 Å². The number of morpholine rings is 1. The maximum absolute atomic E-state index is 12.6. The van der Waals surface area contributed by atoms with Gasteiger partial charge in [-0.05, 0) is 47.0 Å². The van der Waals surface area contributed by atoms with Crippen LogP contribution in [0.1, 0.15) is 15.2 Å². The van der Waals surface area contributed by atoms with E-state index in [9.17, 15) is 9.59 Å². The number of carbonyl (C=O) groups excluding carboxylic acids is 2. The molecule has 11 heteroatoms. The SMILES string of the molecule is N=C1/C(=C/c2ccc(OC(=O)c3cccs3)cc2)C(=O)N=C2SC(N3CCOCC3)=NN12. The molecule has 5 rings (SSSR count). The topological polar surface area (TPSA) is 108 Å². The van der Waals surface area contributed by atoms with E-state index in [1.807, 2.05) is 5.38 Å². The minimum Gasteiger partial charge on any atom is -0.422 e. The number of ether oxygens (including phenoxy) is 2. The van der Waals surface area contributed by atoms with Gasteiger partial charge in [0.1, 0.15) is 10.6 Å². The first-order chi connectivity index (χ1) is 15.6. The smallest absolute Gasteiger partial charge is 0.353 e. The second kappa shape index (κ2) is 8.69. The summed E-state index contributed by atoms with van der Waals surface area (Å²) in [4.78, 5) is 31.4. The zero-order valence-electron chi connectivity index (χ0n) is 16.7. The number of benzene rings is 1. The van der Waals surface area contributed by atoms with Crippen molar-refractivity contribution in [1.82, 2.24) is 9.91 Å². The summed E-state index contributed by atoms with van der Waals surface area (Å²) < 4.78 is 10.7. The second-order valence-electron chi connectivity index (χ2n) is 6.94. The lowest BCUT2D eigenvalue weighted by atomic mass is 10.1. The second-order valence-corrected chi connectivity index (χ2v) is 8.82. The molecule has 2 aromatic rings. The number of hydrazone groups is 1. The van der Waals surface area contributed by atoms with Gasteiger partial charge in [-0.1, -0.05) is 18.2 Å². The molecule has 1 aromatic heterocycles. The van der Waals surface area contributed by atoms with Gasteiger partial charge in [-0.3, -0.25) is 10.2 Å². The number of rotatable bonds is 3. The molecule has 1 amide bonds. The van der Waals surface area contributed by atoms with Gasteiger partial charge in [0.2, 0.25) is 5.17 Å². The van der Waals surface area contributed by atoms with Gasteiger partial charge in [-0.2, -0.15) is 10.0 Å². The Hall–Kier alpha value is -3.28. The first kappa shape index (κ1) is 20.6. The van der Waals surface area contributed by atoms with Crippen LogP contribution in [-0.2, 0) is 9.53 Å². The minimum atomic E-state index is -0.486. The van der Waals surface area contributed by atoms with Gasteiger partial charge in [0.25, 0.3) is 5.91 Å². The van der Waals surface area contributed by atoms with Gasteiger partial charge < -0.3 is 14.4 Å². The fourth-order valence-electron chi connectivity index (χ4n) is 3.22. The molecule has 0 aliphatic carbocycles. The third-order valence-electron chi connectivity index (χ3n) is 4.85. The van der Waals surface area contributed by atoms with Crippen LogP contribution < -0.4 is 4.74 Å². The van der Waals surface area contributed by atoms with Crippen molar-refractivity contribution in [3.63, 3.8) is 0 Å². The molecule has 32 heavy (non-hydrogen) atoms. The third kappa shape index (κ3) is 4.09. The Bertz CT molecular complexity index is 1170. The van der Waals surface area contributed by atoms with Crippen molar-refractivity contribution in [2.24, 2.45) is 10.1 Å². The molecule has 3 aliphatic heterocycles. The average Bonchev–Trinajstić information content (AvgIpc) is 3.49. The predicted molar refractivity (Wildman–Crippen MR) is 123 cm³/mol. The summed E-state index contributed by atoms with van der Waals surface area (Å²) in [6.45, 7) is 2.65. The molecule has 0 saturated carbocycles. The van der Waals surface area contributed by atoms with E-state index < -0.39 is 11.9 Å². The fourth-order valence-corrected chi connectivity index (χ4v) is 4.76. The monoisotopic (exact) mass is 467 g/mol. The lowest BCUT2D eigenvalue weighted by Gasteiger charge is -2.26. The van der Waals surface area contributed by atoms with E-state index in [4.69, 9.17) is 14.9 Å². The highest BCUT2D eigenvalue weighted by molar-refractivity contribution is 8.26. The van der Waals surface area contributed by atoms with Crippen molar-refractivity contribution in [3.05, 3.63) is 57.8 Å². The summed E-state index contributed by atoms with van der Waals surface area (Å²) in [6.07, 6.45) is 1.59. The highest BCUT2D eigenvalue weighted by atomic mass is 32.2. The van der Waals surface area contributed by atoms with Crippen LogP contribution in [0.5, 0.6) is 5.75 Å². The van der Waals surface area contributed by atoms with Gasteiger partial charge in [0.05, 0.1) is 18.8 Å². The average molecular weight is 468 g/mol. The molecule has 0 atom stereocenters. The summed E-state index contributed by atoms with van der Waals surface area (Å²) in [7, 11) is 0. The summed E-state index contributed by atoms with van der Waals surface area (Å²) >= 11 is 2.59. The molecule has 1 N–H and O–H groups in total. The molecule has 1 fully saturated rings. The Morgan fingerprint density at radius 1 is 1.16 bits per heavy atom. The van der Waals surface area contributed by atoms with Crippen LogP contribution in [0, 0.1) is 5.41 Å². The highest BCUT2D eigenvalue weighted by Gasteiger charge is 2.37. The number of fused-ring (bicyclic) bond motifs is 1. The fraction of sp³-hybridized carbons (Fsp3) is 0.190. The van der Waals surface area contributed by atoms with E-state index in [-0.39, 0.29) is 11.4 Å². The quantitative estimate of drug-likeness (QED) is 0.420. The molecule has 0 bridgehead atoms. The number of thiophene rings is 1. The number of amidine groups is 3. The summed E-state index contributed by atoms with van der Waals surface area (Å²) in [5, 5.41) is 17.3. The van der Waals surface area contributed by atoms with Gasteiger partial charge in [0.15, 0.2) is 11.0 Å². The molecular weight excluding hydrogens is 450 g/mol. The van der Waals surface area contributed by atoms with Crippen LogP contribution in [0.3, 0.4) is 0 Å². The number of hydrogen-bond donors (Lipinski definition) is 1. The number of hydrogen-bond acceptors (Lipinski definition) is 9. The first-order valence-corrected chi connectivity index (χ1v) is 11.5. The Kier molecular flexibility index (Phi) is 5.60. The van der Waals surface area contributed by atoms with Crippen molar-refractivity contribution in [3.8, 4) is 5.75 Å². The molecule has 9 nitrogen and oxygen atoms in total. The van der Waals surface area contributed by atoms with Crippen molar-refractivity contribution < 1.29 is 19.1 Å². The van der Waals surface area contributed by atoms with E-state index in [1.165, 1.54) is 28.1 Å². The summed E-state index contributed by atoms with van der Waals surface area (Å²) in [6, 6.07) is 10.2. The number of nitrogens with zero attached hydrogens (tertiary/aromatic N) is 4. The molecule has 1 aromatic carbocycles. The van der Waals surface area contributed by atoms with E-state index in [2.05, 4.69) is 15.0 Å². The van der Waals surface area contributed by atoms with E-state index in [1.54, 1.807) is 42.5 Å². The summed E-state index contributed by atoms with van der Waals surface area (Å²) in [5.41, 5.74) is 0.821. The van der Waals surface area contributed by atoms with Gasteiger partial charge in [-0.25, -0.2) is 4.79 Å². The van der Waals surface area contributed by atoms with Gasteiger partial charge in [0, 0.05) is 13.1 Å². The lowest BCUT2D eigenvalue weighted by molar-refractivity contribution is -0.114. The molecule has 162 valence electrons. The zero-order valence-corrected chi connectivity index (χ0v) is 18.3. The molecule has 0 radical (unpaired) electrons. The number of nitrogens with one attached hydrogen (secondary N) is 1. The van der Waals surface area contributed by atoms with Crippen molar-refractivity contribution >= 4 is 57.2 Å². The van der Waals surface area contributed by atoms with Crippen molar-refractivity contribution in [1.29, 1.82) is 5.41 Å². The maximum atomic E-state index is 12.6. The molecule has 0 spiro atoms. The Labute approximate surface area is 191 Å². The molecule has 4 heterocycles. The van der Waals surface area contributed by atoms with Crippen LogP contribution in [-0.4, -0.2) is 64.3 Å². The number of aliphatic imine (C=N–C) groups is 1. The van der Waals surface area contributed by atoms with Crippen molar-refractivity contribution in [2.45, 2.75) is 0 Å². The number of thioether (sulfide) groups is 1. The highest BCUT2D eigenvalue weighted by Crippen LogP contribution is 2.30. The van der Waals surface area contributed by atoms with E-state index in [0.29, 0.717) is 52.8 Å². The minimum absolute atomic E-state index is 0.0241. The summed E-state index contributed by atoms with van der Waals surface area (Å²) in [5.74, 6) is -0.534. The van der Waals surface area contributed by atoms with Gasteiger partial charge in [-0.15, -0.1) is 16.4 Å². The predicted octanol–water partition coefficient (Wildman–Crippen LogP) is 2.88. The number of esters is 1. The Balaban J connectivity index is 1.32. The molecule has 0 unspecified atom stereocenters. The normalized spacial score (nSPS) is 19.7. The maximum Gasteiger partial charge on any atom is 0.353 e. The third-order valence-corrected chi connectivity index (χ3v) is 6.67. The number of amides is 1. The van der Waals surface area contributed by atoms with Crippen LogP contribution in [0.2, 0.25) is 0 Å². The molecular formula is C21H17N5O4S2. The number of carbonyl (C=O) groups is 2. The largest absolute Gasteiger partial charge is 0.422 e. The Morgan fingerprint density at radius 2 is 1.94 bits per heavy atom. The lowest BCUT2D eigenvalue weighted by Crippen LogP contribution is -2.39. The van der Waals surface area contributed by atoms with Crippen LogP contribution >= 0.6 is 23.1 Å². The van der Waals surface area contributed by atoms with Gasteiger partial charge >= 0.3 is 5.97 Å². The van der Waals surface area contributed by atoms with E-state index >= 15 is 0 Å². The Morgan fingerprint density at radius 3 is 2.66 bits per heavy atom. The standard InChI is InChI=1S/C21H17N5O4S2/c22-17-15(12-13-3-5-14(6-4-13)30-19(28)16-2-1-11-31-16)18(27)23-20-26(17)24-21(32-20)25-7-9-29-10-8-25/h1-6,11-12,22H,7-10H2/b15-12-,22-17?. The zero-order chi connectivity index (χ0) is 22.1. The van der Waals surface area contributed by atoms with E-state index in [0.717, 1.165) is 0 Å².